The van der Waals surface area contributed by atoms with Gasteiger partial charge in [0.1, 0.15) is 17.0 Å². The fourth-order valence-corrected chi connectivity index (χ4v) is 3.46. The lowest BCUT2D eigenvalue weighted by molar-refractivity contribution is -0.118. The maximum Gasteiger partial charge on any atom is 0.219 e. The van der Waals surface area contributed by atoms with E-state index in [1.54, 1.807) is 23.5 Å². The van der Waals surface area contributed by atoms with Crippen LogP contribution < -0.4 is 11.1 Å². The Morgan fingerprint density at radius 1 is 1.35 bits per heavy atom. The molecular formula is C16H15ClN4OS. The van der Waals surface area contributed by atoms with Gasteiger partial charge in [-0.25, -0.2) is 9.97 Å². The zero-order valence-corrected chi connectivity index (χ0v) is 14.0. The van der Waals surface area contributed by atoms with Crippen LogP contribution in [0, 0.1) is 6.92 Å². The van der Waals surface area contributed by atoms with Gasteiger partial charge in [0, 0.05) is 5.02 Å². The lowest BCUT2D eigenvalue weighted by Crippen LogP contribution is -2.21. The zero-order valence-electron chi connectivity index (χ0n) is 12.4. The van der Waals surface area contributed by atoms with Crippen molar-refractivity contribution >= 4 is 44.9 Å². The first-order chi connectivity index (χ1) is 11.0. The number of anilines is 1. The second kappa shape index (κ2) is 6.52. The number of aromatic nitrogens is 2. The first-order valence-corrected chi connectivity index (χ1v) is 8.29. The Kier molecular flexibility index (Phi) is 4.45. The van der Waals surface area contributed by atoms with Crippen LogP contribution in [0.15, 0.2) is 36.0 Å². The molecule has 0 radical (unpaired) electrons. The number of aryl methyl sites for hydroxylation is 1. The van der Waals surface area contributed by atoms with Gasteiger partial charge in [-0.2, -0.15) is 0 Å². The number of rotatable bonds is 5. The van der Waals surface area contributed by atoms with E-state index in [9.17, 15) is 4.79 Å². The molecule has 0 fully saturated rings. The number of benzene rings is 1. The highest BCUT2D eigenvalue weighted by atomic mass is 35.5. The van der Waals surface area contributed by atoms with E-state index < -0.39 is 0 Å². The summed E-state index contributed by atoms with van der Waals surface area (Å²) in [6, 6.07) is 7.06. The quantitative estimate of drug-likeness (QED) is 0.738. The van der Waals surface area contributed by atoms with Crippen LogP contribution in [-0.2, 0) is 4.79 Å². The summed E-state index contributed by atoms with van der Waals surface area (Å²) >= 11 is 7.50. The number of fused-ring (bicyclic) bond motifs is 1. The summed E-state index contributed by atoms with van der Waals surface area (Å²) in [5, 5.41) is 6.98. The van der Waals surface area contributed by atoms with Crippen molar-refractivity contribution in [1.82, 2.24) is 9.97 Å². The molecule has 0 spiro atoms. The third-order valence-corrected chi connectivity index (χ3v) is 4.80. The van der Waals surface area contributed by atoms with E-state index in [4.69, 9.17) is 17.3 Å². The van der Waals surface area contributed by atoms with Gasteiger partial charge in [-0.15, -0.1) is 11.3 Å². The number of hydrogen-bond donors (Lipinski definition) is 2. The normalized spacial score (nSPS) is 12.3. The number of halogens is 1. The molecule has 0 bridgehead atoms. The lowest BCUT2D eigenvalue weighted by Gasteiger charge is -2.19. The van der Waals surface area contributed by atoms with Crippen LogP contribution in [0.25, 0.3) is 10.2 Å². The lowest BCUT2D eigenvalue weighted by atomic mass is 10.0. The SMILES string of the molecule is Cc1csc2ncnc(N[C@H](CC(N)=O)c3ccc(Cl)cc3)c12. The molecule has 23 heavy (non-hydrogen) atoms. The summed E-state index contributed by atoms with van der Waals surface area (Å²) in [6.07, 6.45) is 1.68. The molecule has 0 aliphatic heterocycles. The topological polar surface area (TPSA) is 80.9 Å². The van der Waals surface area contributed by atoms with Gasteiger partial charge < -0.3 is 11.1 Å². The van der Waals surface area contributed by atoms with Crippen molar-refractivity contribution in [2.75, 3.05) is 5.32 Å². The number of nitrogens with zero attached hydrogens (tertiary/aromatic N) is 2. The van der Waals surface area contributed by atoms with Crippen LogP contribution in [0.5, 0.6) is 0 Å². The van der Waals surface area contributed by atoms with Crippen LogP contribution >= 0.6 is 22.9 Å². The van der Waals surface area contributed by atoms with E-state index in [-0.39, 0.29) is 18.4 Å². The largest absolute Gasteiger partial charge is 0.370 e. The van der Waals surface area contributed by atoms with Gasteiger partial charge >= 0.3 is 0 Å². The number of nitrogens with one attached hydrogen (secondary N) is 1. The number of hydrogen-bond acceptors (Lipinski definition) is 5. The highest BCUT2D eigenvalue weighted by Gasteiger charge is 2.17. The van der Waals surface area contributed by atoms with Crippen molar-refractivity contribution in [3.63, 3.8) is 0 Å². The van der Waals surface area contributed by atoms with Crippen LogP contribution in [0.1, 0.15) is 23.6 Å². The number of thiophene rings is 1. The van der Waals surface area contributed by atoms with Gasteiger partial charge in [0.25, 0.3) is 0 Å². The van der Waals surface area contributed by atoms with Crippen LogP contribution in [-0.4, -0.2) is 15.9 Å². The molecule has 1 aromatic carbocycles. The molecule has 0 saturated heterocycles. The fourth-order valence-electron chi connectivity index (χ4n) is 2.44. The number of nitrogens with two attached hydrogens (primary N) is 1. The van der Waals surface area contributed by atoms with Crippen molar-refractivity contribution < 1.29 is 4.79 Å². The maximum atomic E-state index is 11.4. The van der Waals surface area contributed by atoms with Gasteiger partial charge in [0.2, 0.25) is 5.91 Å². The van der Waals surface area contributed by atoms with E-state index in [0.29, 0.717) is 10.8 Å². The molecule has 3 rings (SSSR count). The molecule has 0 aliphatic rings. The predicted octanol–water partition coefficient (Wildman–Crippen LogP) is 3.68. The molecular weight excluding hydrogens is 332 g/mol. The molecule has 7 heteroatoms. The minimum absolute atomic E-state index is 0.163. The second-order valence-corrected chi connectivity index (χ2v) is 6.53. The van der Waals surface area contributed by atoms with Crippen molar-refractivity contribution in [2.24, 2.45) is 5.73 Å². The van der Waals surface area contributed by atoms with Crippen molar-refractivity contribution in [3.8, 4) is 0 Å². The average molecular weight is 347 g/mol. The standard InChI is InChI=1S/C16H15ClN4OS/c1-9-7-23-16-14(9)15(19-8-20-16)21-12(6-13(18)22)10-2-4-11(17)5-3-10/h2-5,7-8,12H,6H2,1H3,(H2,18,22)(H,19,20,21)/t12-/m1/s1. The summed E-state index contributed by atoms with van der Waals surface area (Å²) in [4.78, 5) is 21.0. The molecule has 3 aromatic rings. The van der Waals surface area contributed by atoms with Gasteiger partial charge in [-0.3, -0.25) is 4.79 Å². The van der Waals surface area contributed by atoms with Gasteiger partial charge in [0.15, 0.2) is 0 Å². The smallest absolute Gasteiger partial charge is 0.219 e. The highest BCUT2D eigenvalue weighted by Crippen LogP contribution is 2.31. The van der Waals surface area contributed by atoms with Gasteiger partial charge in [0.05, 0.1) is 17.8 Å². The zero-order chi connectivity index (χ0) is 16.4. The van der Waals surface area contributed by atoms with Crippen molar-refractivity contribution in [3.05, 3.63) is 52.1 Å². The molecule has 0 unspecified atom stereocenters. The Morgan fingerprint density at radius 2 is 2.09 bits per heavy atom. The summed E-state index contributed by atoms with van der Waals surface area (Å²) in [5.41, 5.74) is 7.42. The van der Waals surface area contributed by atoms with E-state index in [2.05, 4.69) is 15.3 Å². The molecule has 2 heterocycles. The maximum absolute atomic E-state index is 11.4. The minimum atomic E-state index is -0.384. The Hall–Kier alpha value is -2.18. The van der Waals surface area contributed by atoms with Crippen molar-refractivity contribution in [2.45, 2.75) is 19.4 Å². The molecule has 3 N–H and O–H groups in total. The van der Waals surface area contributed by atoms with Gasteiger partial charge in [-0.05, 0) is 35.6 Å². The second-order valence-electron chi connectivity index (χ2n) is 5.24. The Labute approximate surface area is 142 Å². The molecule has 0 aliphatic carbocycles. The van der Waals surface area contributed by atoms with E-state index >= 15 is 0 Å². The average Bonchev–Trinajstić information content (AvgIpc) is 2.89. The van der Waals surface area contributed by atoms with Gasteiger partial charge in [-0.1, -0.05) is 23.7 Å². The number of amides is 1. The van der Waals surface area contributed by atoms with E-state index in [1.807, 2.05) is 24.4 Å². The van der Waals surface area contributed by atoms with E-state index in [0.717, 1.165) is 21.3 Å². The van der Waals surface area contributed by atoms with Crippen LogP contribution in [0.3, 0.4) is 0 Å². The first-order valence-electron chi connectivity index (χ1n) is 7.03. The molecule has 118 valence electrons. The fraction of sp³-hybridized carbons (Fsp3) is 0.188. The number of primary amides is 1. The summed E-state index contributed by atoms with van der Waals surface area (Å²) in [7, 11) is 0. The van der Waals surface area contributed by atoms with Crippen LogP contribution in [0.2, 0.25) is 5.02 Å². The Morgan fingerprint density at radius 3 is 2.78 bits per heavy atom. The third kappa shape index (κ3) is 3.43. The highest BCUT2D eigenvalue weighted by molar-refractivity contribution is 7.17. The number of carbonyl (C=O) groups excluding carboxylic acids is 1. The summed E-state index contributed by atoms with van der Waals surface area (Å²) in [6.45, 7) is 2.01. The van der Waals surface area contributed by atoms with E-state index in [1.165, 1.54) is 6.33 Å². The molecule has 1 atom stereocenters. The number of carbonyl (C=O) groups is 1. The minimum Gasteiger partial charge on any atom is -0.370 e. The van der Waals surface area contributed by atoms with Crippen molar-refractivity contribution in [1.29, 1.82) is 0 Å². The monoisotopic (exact) mass is 346 g/mol. The summed E-state index contributed by atoms with van der Waals surface area (Å²) < 4.78 is 0. The molecule has 5 nitrogen and oxygen atoms in total. The Bertz CT molecular complexity index is 847. The van der Waals surface area contributed by atoms with Crippen LogP contribution in [0.4, 0.5) is 5.82 Å². The molecule has 1 amide bonds. The predicted molar refractivity (Wildman–Crippen MR) is 93.8 cm³/mol. The molecule has 0 saturated carbocycles. The summed E-state index contributed by atoms with van der Waals surface area (Å²) in [5.74, 6) is 0.319. The molecule has 2 aromatic heterocycles. The Balaban J connectivity index is 1.98. The first kappa shape index (κ1) is 15.7. The third-order valence-electron chi connectivity index (χ3n) is 3.54.